The molecule has 1 saturated carbocycles. The SMILES string of the molecule is COC1=C2O[C@H]3C(=O)C=C[C@H]4[C@H]5CC(C=C1)C2[C@@]34CCN5C.O=C(O)c1ccc(C(=O)O)cc1.O=C(O)c1ccc(C(=O)O)cc1. The number of carbonyl (C=O) groups is 5. The van der Waals surface area contributed by atoms with Gasteiger partial charge in [-0.2, -0.15) is 0 Å². The second-order valence-electron chi connectivity index (χ2n) is 11.7. The summed E-state index contributed by atoms with van der Waals surface area (Å²) in [6, 6.07) is 10.6. The van der Waals surface area contributed by atoms with Crippen LogP contribution in [0.15, 0.2) is 84.4 Å². The summed E-state index contributed by atoms with van der Waals surface area (Å²) in [6.07, 6.45) is 10.1. The molecule has 2 heterocycles. The van der Waals surface area contributed by atoms with Gasteiger partial charge in [-0.3, -0.25) is 4.79 Å². The highest BCUT2D eigenvalue weighted by atomic mass is 16.5. The Morgan fingerprint density at radius 1 is 0.804 bits per heavy atom. The molecule has 0 aromatic heterocycles. The molecule has 7 rings (SSSR count). The molecule has 6 atom stereocenters. The normalized spacial score (nSPS) is 28.0. The summed E-state index contributed by atoms with van der Waals surface area (Å²) in [6.45, 7) is 1.05. The zero-order valence-corrected chi connectivity index (χ0v) is 25.0. The number of benzene rings is 2. The van der Waals surface area contributed by atoms with E-state index in [1.54, 1.807) is 13.2 Å². The maximum Gasteiger partial charge on any atom is 0.335 e. The van der Waals surface area contributed by atoms with Gasteiger partial charge < -0.3 is 34.8 Å². The van der Waals surface area contributed by atoms with Crippen LogP contribution >= 0.6 is 0 Å². The molecule has 2 unspecified atom stereocenters. The fourth-order valence-corrected chi connectivity index (χ4v) is 7.34. The number of likely N-dealkylation sites (tertiary alicyclic amines) is 1. The van der Waals surface area contributed by atoms with Gasteiger partial charge in [0.1, 0.15) is 5.76 Å². The Labute approximate surface area is 263 Å². The van der Waals surface area contributed by atoms with Gasteiger partial charge in [-0.1, -0.05) is 12.2 Å². The Kier molecular flexibility index (Phi) is 8.84. The minimum absolute atomic E-state index is 0.0597. The summed E-state index contributed by atoms with van der Waals surface area (Å²) in [5.41, 5.74) is 0.274. The summed E-state index contributed by atoms with van der Waals surface area (Å²) < 4.78 is 11.8. The number of allylic oxidation sites excluding steroid dienone is 3. The number of carboxylic acids is 4. The maximum absolute atomic E-state index is 12.6. The molecule has 1 spiro atoms. The van der Waals surface area contributed by atoms with Gasteiger partial charge >= 0.3 is 23.9 Å². The van der Waals surface area contributed by atoms with Crippen molar-refractivity contribution in [2.24, 2.45) is 23.2 Å². The molecule has 5 aliphatic rings. The monoisotopic (exact) mass is 631 g/mol. The number of nitrogens with zero attached hydrogens (tertiary/aromatic N) is 1. The molecule has 240 valence electrons. The number of hydrogen-bond acceptors (Lipinski definition) is 8. The van der Waals surface area contributed by atoms with Gasteiger partial charge in [0, 0.05) is 23.3 Å². The van der Waals surface area contributed by atoms with E-state index >= 15 is 0 Å². The fraction of sp³-hybridized carbons (Fsp3) is 0.324. The highest BCUT2D eigenvalue weighted by molar-refractivity contribution is 5.96. The van der Waals surface area contributed by atoms with Crippen molar-refractivity contribution in [3.05, 3.63) is 107 Å². The van der Waals surface area contributed by atoms with E-state index in [9.17, 15) is 24.0 Å². The Hall–Kier alpha value is -5.23. The van der Waals surface area contributed by atoms with Gasteiger partial charge in [0.25, 0.3) is 0 Å². The summed E-state index contributed by atoms with van der Waals surface area (Å²) in [5.74, 6) is -1.19. The lowest BCUT2D eigenvalue weighted by Crippen LogP contribution is -2.64. The van der Waals surface area contributed by atoms with Crippen molar-refractivity contribution >= 4 is 29.7 Å². The van der Waals surface area contributed by atoms with Gasteiger partial charge in [0.15, 0.2) is 17.6 Å². The Morgan fingerprint density at radius 3 is 1.72 bits per heavy atom. The average Bonchev–Trinajstić information content (AvgIpc) is 3.40. The fourth-order valence-electron chi connectivity index (χ4n) is 7.34. The molecule has 3 fully saturated rings. The lowest BCUT2D eigenvalue weighted by molar-refractivity contribution is -0.140. The Balaban J connectivity index is 0.000000149. The third-order valence-electron chi connectivity index (χ3n) is 9.48. The number of ether oxygens (including phenoxy) is 2. The van der Waals surface area contributed by atoms with E-state index in [4.69, 9.17) is 29.9 Å². The summed E-state index contributed by atoms with van der Waals surface area (Å²) in [5, 5.41) is 33.9. The van der Waals surface area contributed by atoms with E-state index < -0.39 is 23.9 Å². The maximum atomic E-state index is 12.6. The number of rotatable bonds is 5. The van der Waals surface area contributed by atoms with Crippen LogP contribution in [0, 0.1) is 23.2 Å². The second kappa shape index (κ2) is 12.6. The van der Waals surface area contributed by atoms with Crippen LogP contribution in [0.5, 0.6) is 0 Å². The number of methoxy groups -OCH3 is 1. The molecule has 2 bridgehead atoms. The Morgan fingerprint density at radius 2 is 1.28 bits per heavy atom. The van der Waals surface area contributed by atoms with Crippen LogP contribution in [0.25, 0.3) is 0 Å². The van der Waals surface area contributed by atoms with E-state index in [1.165, 1.54) is 48.5 Å². The van der Waals surface area contributed by atoms with E-state index in [1.807, 2.05) is 6.08 Å². The molecule has 0 radical (unpaired) electrons. The van der Waals surface area contributed by atoms with Crippen LogP contribution in [0.1, 0.15) is 54.3 Å². The smallest absolute Gasteiger partial charge is 0.335 e. The van der Waals surface area contributed by atoms with Crippen molar-refractivity contribution in [1.82, 2.24) is 4.90 Å². The van der Waals surface area contributed by atoms with Crippen molar-refractivity contribution in [2.75, 3.05) is 20.7 Å². The third kappa shape index (κ3) is 5.67. The predicted molar refractivity (Wildman–Crippen MR) is 161 cm³/mol. The predicted octanol–water partition coefficient (Wildman–Crippen LogP) is 4.06. The summed E-state index contributed by atoms with van der Waals surface area (Å²) in [7, 11) is 3.91. The lowest BCUT2D eigenvalue weighted by atomic mass is 9.48. The number of piperidine rings is 1. The summed E-state index contributed by atoms with van der Waals surface area (Å²) >= 11 is 0. The standard InChI is InChI=1S/C18H21NO3.2C8H6O4/c1-19-8-7-18-11-4-5-13(20)17(18)22-16-14(21-2)6-3-10(15(16)18)9-12(11)19;2*9-7(10)5-1-2-6(4-3-5)8(11)12/h3-6,10-12,15,17H,7-9H2,1-2H3;2*1-4H,(H,9,10)(H,11,12)/t10?,11-,12+,15?,17-,18-;;/m0../s1. The van der Waals surface area contributed by atoms with Gasteiger partial charge in [-0.05, 0) is 93.0 Å². The molecule has 0 amide bonds. The van der Waals surface area contributed by atoms with Crippen molar-refractivity contribution in [3.8, 4) is 0 Å². The zero-order chi connectivity index (χ0) is 33.3. The Bertz CT molecular complexity index is 1520. The first-order chi connectivity index (χ1) is 21.9. The minimum atomic E-state index is -1.06. The van der Waals surface area contributed by atoms with Gasteiger partial charge in [-0.15, -0.1) is 0 Å². The van der Waals surface area contributed by atoms with Crippen LogP contribution in [0.3, 0.4) is 0 Å². The minimum Gasteiger partial charge on any atom is -0.493 e. The first kappa shape index (κ1) is 32.2. The highest BCUT2D eigenvalue weighted by Gasteiger charge is 2.69. The largest absolute Gasteiger partial charge is 0.493 e. The van der Waals surface area contributed by atoms with Crippen LogP contribution in [0.4, 0.5) is 0 Å². The van der Waals surface area contributed by atoms with Crippen molar-refractivity contribution in [3.63, 3.8) is 0 Å². The molecule has 2 aromatic carbocycles. The quantitative estimate of drug-likeness (QED) is 0.371. The first-order valence-electron chi connectivity index (χ1n) is 14.6. The van der Waals surface area contributed by atoms with Crippen LogP contribution in [-0.4, -0.2) is 87.8 Å². The molecule has 2 aliphatic heterocycles. The number of aromatic carboxylic acids is 4. The molecule has 4 N–H and O–H groups in total. The molecule has 2 saturated heterocycles. The van der Waals surface area contributed by atoms with E-state index in [2.05, 4.69) is 24.1 Å². The van der Waals surface area contributed by atoms with Gasteiger partial charge in [0.2, 0.25) is 0 Å². The second-order valence-corrected chi connectivity index (χ2v) is 11.7. The lowest BCUT2D eigenvalue weighted by Gasteiger charge is -2.59. The van der Waals surface area contributed by atoms with E-state index in [0.717, 1.165) is 30.9 Å². The van der Waals surface area contributed by atoms with Crippen molar-refractivity contribution in [2.45, 2.75) is 25.0 Å². The molecular weight excluding hydrogens is 598 g/mol. The number of carbonyl (C=O) groups excluding carboxylic acids is 1. The number of hydrogen-bond donors (Lipinski definition) is 4. The van der Waals surface area contributed by atoms with Crippen LogP contribution in [-0.2, 0) is 14.3 Å². The zero-order valence-electron chi connectivity index (χ0n) is 25.0. The average molecular weight is 632 g/mol. The number of ketones is 1. The van der Waals surface area contributed by atoms with E-state index in [0.29, 0.717) is 23.8 Å². The van der Waals surface area contributed by atoms with Crippen LogP contribution in [0.2, 0.25) is 0 Å². The van der Waals surface area contributed by atoms with Crippen molar-refractivity contribution < 1.29 is 53.9 Å². The molecule has 12 nitrogen and oxygen atoms in total. The molecule has 12 heteroatoms. The number of carboxylic acid groups (broad SMARTS) is 4. The van der Waals surface area contributed by atoms with Crippen LogP contribution < -0.4 is 0 Å². The highest BCUT2D eigenvalue weighted by Crippen LogP contribution is 2.66. The molecule has 3 aliphatic carbocycles. The summed E-state index contributed by atoms with van der Waals surface area (Å²) in [4.78, 5) is 56.4. The van der Waals surface area contributed by atoms with Gasteiger partial charge in [0.05, 0.1) is 29.4 Å². The molecule has 46 heavy (non-hydrogen) atoms. The van der Waals surface area contributed by atoms with E-state index in [-0.39, 0.29) is 39.6 Å². The molecular formula is C34H33NO11. The molecule has 2 aromatic rings. The first-order valence-corrected chi connectivity index (χ1v) is 14.6. The van der Waals surface area contributed by atoms with Crippen molar-refractivity contribution in [1.29, 1.82) is 0 Å². The third-order valence-corrected chi connectivity index (χ3v) is 9.48. The topological polar surface area (TPSA) is 188 Å². The van der Waals surface area contributed by atoms with Gasteiger partial charge in [-0.25, -0.2) is 19.2 Å².